The van der Waals surface area contributed by atoms with Crippen LogP contribution in [-0.2, 0) is 0 Å². The van der Waals surface area contributed by atoms with Crippen molar-refractivity contribution in [3.05, 3.63) is 48.2 Å². The van der Waals surface area contributed by atoms with Gasteiger partial charge in [0, 0.05) is 11.3 Å². The Bertz CT molecular complexity index is 536. The lowest BCUT2D eigenvalue weighted by Crippen LogP contribution is -2.10. The van der Waals surface area contributed by atoms with E-state index in [2.05, 4.69) is 10.3 Å². The SMILES string of the molecule is NC(=O)c1cccc(Nc2ccc(N)cn2)c1. The largest absolute Gasteiger partial charge is 0.397 e. The van der Waals surface area contributed by atoms with E-state index >= 15 is 0 Å². The monoisotopic (exact) mass is 228 g/mol. The van der Waals surface area contributed by atoms with Gasteiger partial charge in [0.2, 0.25) is 5.91 Å². The third kappa shape index (κ3) is 2.72. The van der Waals surface area contributed by atoms with Gasteiger partial charge in [-0.2, -0.15) is 0 Å². The molecule has 0 saturated carbocycles. The van der Waals surface area contributed by atoms with Crippen LogP contribution >= 0.6 is 0 Å². The van der Waals surface area contributed by atoms with Gasteiger partial charge in [-0.1, -0.05) is 6.07 Å². The molecule has 0 bridgehead atoms. The molecule has 86 valence electrons. The van der Waals surface area contributed by atoms with Crippen molar-refractivity contribution in [3.63, 3.8) is 0 Å². The van der Waals surface area contributed by atoms with Crippen LogP contribution in [0.4, 0.5) is 17.2 Å². The van der Waals surface area contributed by atoms with Crippen LogP contribution in [0.2, 0.25) is 0 Å². The van der Waals surface area contributed by atoms with E-state index in [4.69, 9.17) is 11.5 Å². The number of aromatic nitrogens is 1. The zero-order valence-corrected chi connectivity index (χ0v) is 9.05. The smallest absolute Gasteiger partial charge is 0.248 e. The van der Waals surface area contributed by atoms with Gasteiger partial charge >= 0.3 is 0 Å². The number of hydrogen-bond acceptors (Lipinski definition) is 4. The average molecular weight is 228 g/mol. The number of carbonyl (C=O) groups excluding carboxylic acids is 1. The molecular weight excluding hydrogens is 216 g/mol. The lowest BCUT2D eigenvalue weighted by Gasteiger charge is -2.06. The molecule has 1 aromatic carbocycles. The van der Waals surface area contributed by atoms with Crippen molar-refractivity contribution in [3.8, 4) is 0 Å². The lowest BCUT2D eigenvalue weighted by molar-refractivity contribution is 0.100. The Hall–Kier alpha value is -2.56. The van der Waals surface area contributed by atoms with Crippen LogP contribution in [0.3, 0.4) is 0 Å². The average Bonchev–Trinajstić information content (AvgIpc) is 2.32. The Balaban J connectivity index is 2.21. The minimum Gasteiger partial charge on any atom is -0.397 e. The Morgan fingerprint density at radius 1 is 1.24 bits per heavy atom. The Morgan fingerprint density at radius 2 is 2.06 bits per heavy atom. The first-order valence-electron chi connectivity index (χ1n) is 5.03. The molecule has 2 rings (SSSR count). The molecule has 0 radical (unpaired) electrons. The first-order chi connectivity index (χ1) is 8.15. The summed E-state index contributed by atoms with van der Waals surface area (Å²) >= 11 is 0. The van der Waals surface area contributed by atoms with E-state index in [0.717, 1.165) is 5.69 Å². The molecule has 0 spiro atoms. The highest BCUT2D eigenvalue weighted by Gasteiger charge is 2.01. The summed E-state index contributed by atoms with van der Waals surface area (Å²) in [6, 6.07) is 10.4. The van der Waals surface area contributed by atoms with Gasteiger partial charge in [-0.05, 0) is 30.3 Å². The predicted molar refractivity (Wildman–Crippen MR) is 66.9 cm³/mol. The molecular formula is C12H12N4O. The van der Waals surface area contributed by atoms with Gasteiger partial charge in [0.15, 0.2) is 0 Å². The molecule has 0 aliphatic carbocycles. The Labute approximate surface area is 98.5 Å². The third-order valence-electron chi connectivity index (χ3n) is 2.21. The van der Waals surface area contributed by atoms with Gasteiger partial charge in [0.25, 0.3) is 0 Å². The van der Waals surface area contributed by atoms with Gasteiger partial charge in [0.1, 0.15) is 5.82 Å². The fraction of sp³-hybridized carbons (Fsp3) is 0. The second-order valence-corrected chi connectivity index (χ2v) is 3.55. The van der Waals surface area contributed by atoms with Gasteiger partial charge in [-0.15, -0.1) is 0 Å². The van der Waals surface area contributed by atoms with E-state index in [1.165, 1.54) is 0 Å². The normalized spacial score (nSPS) is 9.88. The van der Waals surface area contributed by atoms with Crippen LogP contribution in [0.1, 0.15) is 10.4 Å². The molecule has 2 aromatic rings. The van der Waals surface area contributed by atoms with E-state index in [0.29, 0.717) is 17.1 Å². The number of nitrogen functional groups attached to an aromatic ring is 1. The van der Waals surface area contributed by atoms with Crippen LogP contribution < -0.4 is 16.8 Å². The van der Waals surface area contributed by atoms with Gasteiger partial charge < -0.3 is 16.8 Å². The highest BCUT2D eigenvalue weighted by molar-refractivity contribution is 5.93. The summed E-state index contributed by atoms with van der Waals surface area (Å²) in [5.41, 5.74) is 12.5. The predicted octanol–water partition coefficient (Wildman–Crippen LogP) is 1.51. The Morgan fingerprint density at radius 3 is 2.71 bits per heavy atom. The van der Waals surface area contributed by atoms with Crippen LogP contribution in [0.25, 0.3) is 0 Å². The summed E-state index contributed by atoms with van der Waals surface area (Å²) in [5.74, 6) is 0.194. The summed E-state index contributed by atoms with van der Waals surface area (Å²) in [5, 5.41) is 3.05. The number of amides is 1. The van der Waals surface area contributed by atoms with Crippen molar-refractivity contribution >= 4 is 23.1 Å². The third-order valence-corrected chi connectivity index (χ3v) is 2.21. The molecule has 1 heterocycles. The molecule has 1 aromatic heterocycles. The van der Waals surface area contributed by atoms with E-state index in [1.54, 1.807) is 36.5 Å². The fourth-order valence-electron chi connectivity index (χ4n) is 1.38. The first-order valence-corrected chi connectivity index (χ1v) is 5.03. The number of hydrogen-bond donors (Lipinski definition) is 3. The number of nitrogens with two attached hydrogens (primary N) is 2. The zero-order chi connectivity index (χ0) is 12.3. The van der Waals surface area contributed by atoms with Crippen molar-refractivity contribution in [2.24, 2.45) is 5.73 Å². The van der Waals surface area contributed by atoms with Crippen LogP contribution in [0, 0.1) is 0 Å². The number of carbonyl (C=O) groups is 1. The molecule has 5 N–H and O–H groups in total. The molecule has 0 aliphatic rings. The number of nitrogens with zero attached hydrogens (tertiary/aromatic N) is 1. The lowest BCUT2D eigenvalue weighted by atomic mass is 10.2. The Kier molecular flexibility index (Phi) is 2.91. The van der Waals surface area contributed by atoms with Crippen molar-refractivity contribution in [1.29, 1.82) is 0 Å². The van der Waals surface area contributed by atoms with E-state index in [-0.39, 0.29) is 0 Å². The van der Waals surface area contributed by atoms with Crippen LogP contribution in [0.15, 0.2) is 42.6 Å². The molecule has 0 saturated heterocycles. The summed E-state index contributed by atoms with van der Waals surface area (Å²) in [7, 11) is 0. The maximum absolute atomic E-state index is 11.0. The minimum absolute atomic E-state index is 0.449. The second-order valence-electron chi connectivity index (χ2n) is 3.55. The van der Waals surface area contributed by atoms with Crippen molar-refractivity contribution in [1.82, 2.24) is 4.98 Å². The maximum atomic E-state index is 11.0. The van der Waals surface area contributed by atoms with E-state index in [9.17, 15) is 4.79 Å². The summed E-state index contributed by atoms with van der Waals surface area (Å²) in [6.07, 6.45) is 1.56. The first kappa shape index (κ1) is 10.9. The quantitative estimate of drug-likeness (QED) is 0.742. The standard InChI is InChI=1S/C12H12N4O/c13-9-4-5-11(15-7-9)16-10-3-1-2-8(6-10)12(14)17/h1-7H,13H2,(H2,14,17)(H,15,16). The topological polar surface area (TPSA) is 94.0 Å². The number of benzene rings is 1. The van der Waals surface area contributed by atoms with Gasteiger partial charge in [0.05, 0.1) is 11.9 Å². The zero-order valence-electron chi connectivity index (χ0n) is 9.05. The highest BCUT2D eigenvalue weighted by atomic mass is 16.1. The summed E-state index contributed by atoms with van der Waals surface area (Å²) in [6.45, 7) is 0. The molecule has 0 aliphatic heterocycles. The minimum atomic E-state index is -0.459. The highest BCUT2D eigenvalue weighted by Crippen LogP contribution is 2.16. The molecule has 1 amide bonds. The van der Waals surface area contributed by atoms with Crippen LogP contribution in [0.5, 0.6) is 0 Å². The van der Waals surface area contributed by atoms with Crippen LogP contribution in [-0.4, -0.2) is 10.9 Å². The van der Waals surface area contributed by atoms with Crippen molar-refractivity contribution in [2.75, 3.05) is 11.1 Å². The molecule has 0 fully saturated rings. The maximum Gasteiger partial charge on any atom is 0.248 e. The molecule has 0 unspecified atom stereocenters. The number of primary amides is 1. The van der Waals surface area contributed by atoms with Gasteiger partial charge in [-0.25, -0.2) is 4.98 Å². The second kappa shape index (κ2) is 4.52. The number of anilines is 3. The van der Waals surface area contributed by atoms with Crippen molar-refractivity contribution < 1.29 is 4.79 Å². The summed E-state index contributed by atoms with van der Waals surface area (Å²) < 4.78 is 0. The number of pyridine rings is 1. The molecule has 5 nitrogen and oxygen atoms in total. The number of nitrogens with one attached hydrogen (secondary N) is 1. The van der Waals surface area contributed by atoms with Gasteiger partial charge in [-0.3, -0.25) is 4.79 Å². The molecule has 5 heteroatoms. The molecule has 0 atom stereocenters. The molecule has 17 heavy (non-hydrogen) atoms. The number of rotatable bonds is 3. The van der Waals surface area contributed by atoms with E-state index in [1.807, 2.05) is 6.07 Å². The van der Waals surface area contributed by atoms with Crippen molar-refractivity contribution in [2.45, 2.75) is 0 Å². The summed E-state index contributed by atoms with van der Waals surface area (Å²) in [4.78, 5) is 15.1. The fourth-order valence-corrected chi connectivity index (χ4v) is 1.38. The van der Waals surface area contributed by atoms with E-state index < -0.39 is 5.91 Å².